The van der Waals surface area contributed by atoms with E-state index in [1.165, 1.54) is 6.07 Å². The van der Waals surface area contributed by atoms with Gasteiger partial charge >= 0.3 is 0 Å². The molecule has 0 aliphatic heterocycles. The van der Waals surface area contributed by atoms with E-state index in [4.69, 9.17) is 16.9 Å². The highest BCUT2D eigenvalue weighted by Crippen LogP contribution is 2.30. The van der Waals surface area contributed by atoms with Gasteiger partial charge in [0.1, 0.15) is 5.82 Å². The first-order valence-electron chi connectivity index (χ1n) is 5.08. The minimum absolute atomic E-state index is 0.103. The first-order valence-corrected chi connectivity index (χ1v) is 5.46. The zero-order valence-corrected chi connectivity index (χ0v) is 9.92. The molecule has 0 aromatic heterocycles. The number of hydrogen-bond acceptors (Lipinski definition) is 1. The van der Waals surface area contributed by atoms with Crippen molar-refractivity contribution < 1.29 is 4.39 Å². The number of nitriles is 1. The van der Waals surface area contributed by atoms with Crippen molar-refractivity contribution in [3.8, 4) is 17.2 Å². The van der Waals surface area contributed by atoms with Gasteiger partial charge in [0.05, 0.1) is 16.7 Å². The Labute approximate surface area is 104 Å². The summed E-state index contributed by atoms with van der Waals surface area (Å²) in [5.41, 5.74) is 2.63. The van der Waals surface area contributed by atoms with E-state index in [1.54, 1.807) is 30.3 Å². The van der Waals surface area contributed by atoms with E-state index in [9.17, 15) is 4.39 Å². The lowest BCUT2D eigenvalue weighted by Gasteiger charge is -2.08. The predicted molar refractivity (Wildman–Crippen MR) is 66.3 cm³/mol. The molecule has 0 amide bonds. The monoisotopic (exact) mass is 245 g/mol. The Hall–Kier alpha value is -1.85. The molecule has 0 atom stereocenters. The number of rotatable bonds is 1. The molecule has 3 heteroatoms. The fourth-order valence-corrected chi connectivity index (χ4v) is 1.92. The SMILES string of the molecule is Cc1cc(C#N)ccc1-c1cccc(Cl)c1F. The highest BCUT2D eigenvalue weighted by Gasteiger charge is 2.10. The minimum atomic E-state index is -0.429. The number of nitrogens with zero attached hydrogens (tertiary/aromatic N) is 1. The van der Waals surface area contributed by atoms with E-state index in [2.05, 4.69) is 6.07 Å². The van der Waals surface area contributed by atoms with Crippen molar-refractivity contribution in [3.05, 3.63) is 58.4 Å². The molecular formula is C14H9ClFN. The third-order valence-electron chi connectivity index (χ3n) is 2.60. The summed E-state index contributed by atoms with van der Waals surface area (Å²) in [5, 5.41) is 8.88. The molecule has 0 radical (unpaired) electrons. The molecule has 0 spiro atoms. The molecule has 0 aliphatic carbocycles. The van der Waals surface area contributed by atoms with E-state index in [0.29, 0.717) is 11.1 Å². The van der Waals surface area contributed by atoms with Gasteiger partial charge in [-0.25, -0.2) is 4.39 Å². The van der Waals surface area contributed by atoms with Crippen molar-refractivity contribution in [2.24, 2.45) is 0 Å². The van der Waals surface area contributed by atoms with Gasteiger partial charge < -0.3 is 0 Å². The predicted octanol–water partition coefficient (Wildman–Crippen LogP) is 4.33. The largest absolute Gasteiger partial charge is 0.205 e. The molecule has 0 N–H and O–H groups in total. The van der Waals surface area contributed by atoms with Crippen molar-refractivity contribution in [2.45, 2.75) is 6.92 Å². The van der Waals surface area contributed by atoms with Gasteiger partial charge in [0.2, 0.25) is 0 Å². The lowest BCUT2D eigenvalue weighted by Crippen LogP contribution is -1.89. The van der Waals surface area contributed by atoms with Gasteiger partial charge in [0.25, 0.3) is 0 Å². The highest BCUT2D eigenvalue weighted by atomic mass is 35.5. The lowest BCUT2D eigenvalue weighted by atomic mass is 9.98. The first kappa shape index (κ1) is 11.6. The maximum Gasteiger partial charge on any atom is 0.149 e. The van der Waals surface area contributed by atoms with Crippen molar-refractivity contribution in [1.29, 1.82) is 5.26 Å². The Morgan fingerprint density at radius 1 is 1.18 bits per heavy atom. The summed E-state index contributed by atoms with van der Waals surface area (Å²) in [6.07, 6.45) is 0. The molecule has 0 fully saturated rings. The van der Waals surface area contributed by atoms with Crippen LogP contribution in [-0.4, -0.2) is 0 Å². The van der Waals surface area contributed by atoms with Crippen LogP contribution < -0.4 is 0 Å². The molecule has 17 heavy (non-hydrogen) atoms. The van der Waals surface area contributed by atoms with Crippen LogP contribution >= 0.6 is 11.6 Å². The van der Waals surface area contributed by atoms with Gasteiger partial charge in [-0.1, -0.05) is 29.8 Å². The summed E-state index contributed by atoms with van der Waals surface area (Å²) < 4.78 is 13.9. The summed E-state index contributed by atoms with van der Waals surface area (Å²) in [5.74, 6) is -0.429. The summed E-state index contributed by atoms with van der Waals surface area (Å²) >= 11 is 5.75. The second kappa shape index (κ2) is 4.57. The fourth-order valence-electron chi connectivity index (χ4n) is 1.75. The first-order chi connectivity index (χ1) is 8.13. The van der Waals surface area contributed by atoms with Gasteiger partial charge in [-0.3, -0.25) is 0 Å². The lowest BCUT2D eigenvalue weighted by molar-refractivity contribution is 0.631. The molecule has 0 bridgehead atoms. The van der Waals surface area contributed by atoms with Crippen molar-refractivity contribution >= 4 is 11.6 Å². The maximum absolute atomic E-state index is 13.9. The topological polar surface area (TPSA) is 23.8 Å². The van der Waals surface area contributed by atoms with Gasteiger partial charge in [-0.05, 0) is 36.2 Å². The third-order valence-corrected chi connectivity index (χ3v) is 2.89. The summed E-state index contributed by atoms with van der Waals surface area (Å²) in [4.78, 5) is 0. The van der Waals surface area contributed by atoms with Crippen LogP contribution in [0.15, 0.2) is 36.4 Å². The Bertz CT molecular complexity index is 614. The van der Waals surface area contributed by atoms with Crippen molar-refractivity contribution in [3.63, 3.8) is 0 Å². The molecule has 0 saturated carbocycles. The number of halogens is 2. The van der Waals surface area contributed by atoms with E-state index in [1.807, 2.05) is 6.92 Å². The molecule has 1 nitrogen and oxygen atoms in total. The Balaban J connectivity index is 2.62. The number of benzene rings is 2. The summed E-state index contributed by atoms with van der Waals surface area (Å²) in [6.45, 7) is 1.84. The zero-order chi connectivity index (χ0) is 12.4. The average Bonchev–Trinajstić information content (AvgIpc) is 2.33. The number of aryl methyl sites for hydroxylation is 1. The van der Waals surface area contributed by atoms with Crippen molar-refractivity contribution in [1.82, 2.24) is 0 Å². The highest BCUT2D eigenvalue weighted by molar-refractivity contribution is 6.31. The fraction of sp³-hybridized carbons (Fsp3) is 0.0714. The molecule has 2 aromatic carbocycles. The van der Waals surface area contributed by atoms with Crippen LogP contribution in [0.5, 0.6) is 0 Å². The van der Waals surface area contributed by atoms with Gasteiger partial charge in [-0.2, -0.15) is 5.26 Å². The average molecular weight is 246 g/mol. The number of hydrogen-bond donors (Lipinski definition) is 0. The van der Waals surface area contributed by atoms with E-state index in [-0.39, 0.29) is 5.02 Å². The van der Waals surface area contributed by atoms with Gasteiger partial charge in [-0.15, -0.1) is 0 Å². The smallest absolute Gasteiger partial charge is 0.149 e. The minimum Gasteiger partial charge on any atom is -0.205 e. The molecule has 0 unspecified atom stereocenters. The quantitative estimate of drug-likeness (QED) is 0.734. The molecule has 0 heterocycles. The van der Waals surface area contributed by atoms with Crippen LogP contribution in [0.2, 0.25) is 5.02 Å². The van der Waals surface area contributed by atoms with E-state index < -0.39 is 5.82 Å². The van der Waals surface area contributed by atoms with Gasteiger partial charge in [0, 0.05) is 5.56 Å². The van der Waals surface area contributed by atoms with Crippen LogP contribution in [0, 0.1) is 24.1 Å². The molecule has 2 rings (SSSR count). The summed E-state index contributed by atoms with van der Waals surface area (Å²) in [7, 11) is 0. The van der Waals surface area contributed by atoms with Crippen LogP contribution in [0.25, 0.3) is 11.1 Å². The standard InChI is InChI=1S/C14H9ClFN/c1-9-7-10(8-17)5-6-11(9)12-3-2-4-13(15)14(12)16/h2-7H,1H3. The van der Waals surface area contributed by atoms with Crippen LogP contribution in [0.4, 0.5) is 4.39 Å². The normalized spacial score (nSPS) is 10.0. The second-order valence-corrected chi connectivity index (χ2v) is 4.15. The van der Waals surface area contributed by atoms with E-state index >= 15 is 0 Å². The molecule has 2 aromatic rings. The van der Waals surface area contributed by atoms with Crippen molar-refractivity contribution in [2.75, 3.05) is 0 Å². The molecule has 0 saturated heterocycles. The van der Waals surface area contributed by atoms with Crippen LogP contribution in [-0.2, 0) is 0 Å². The Morgan fingerprint density at radius 2 is 1.94 bits per heavy atom. The molecule has 84 valence electrons. The second-order valence-electron chi connectivity index (χ2n) is 3.74. The van der Waals surface area contributed by atoms with Crippen LogP contribution in [0.1, 0.15) is 11.1 Å². The third kappa shape index (κ3) is 2.15. The zero-order valence-electron chi connectivity index (χ0n) is 9.17. The Kier molecular flexibility index (Phi) is 3.12. The van der Waals surface area contributed by atoms with Crippen LogP contribution in [0.3, 0.4) is 0 Å². The maximum atomic E-state index is 13.9. The molecule has 0 aliphatic rings. The van der Waals surface area contributed by atoms with Gasteiger partial charge in [0.15, 0.2) is 0 Å². The molecular weight excluding hydrogens is 237 g/mol. The Morgan fingerprint density at radius 3 is 2.59 bits per heavy atom. The summed E-state index contributed by atoms with van der Waals surface area (Å²) in [6, 6.07) is 12.1. The van der Waals surface area contributed by atoms with E-state index in [0.717, 1.165) is 11.1 Å².